The number of nitrogens with zero attached hydrogens (tertiary/aromatic N) is 2. The van der Waals surface area contributed by atoms with Gasteiger partial charge < -0.3 is 4.74 Å². The smallest absolute Gasteiger partial charge is 0.325 e. The van der Waals surface area contributed by atoms with Crippen LogP contribution in [0.1, 0.15) is 13.3 Å². The number of carbonyl (C=O) groups excluding carboxylic acids is 1. The Kier molecular flexibility index (Phi) is 2.18. The minimum Gasteiger partial charge on any atom is -0.422 e. The van der Waals surface area contributed by atoms with E-state index in [1.807, 2.05) is 18.2 Å². The largest absolute Gasteiger partial charge is 0.422 e. The molecule has 71 valence electrons. The Labute approximate surface area is 81.6 Å². The van der Waals surface area contributed by atoms with Gasteiger partial charge in [0.15, 0.2) is 5.75 Å². The molecule has 1 aliphatic rings. The van der Waals surface area contributed by atoms with Crippen molar-refractivity contribution >= 4 is 17.6 Å². The molecule has 2 rings (SSSR count). The third-order valence-corrected chi connectivity index (χ3v) is 1.81. The maximum absolute atomic E-state index is 11.0. The summed E-state index contributed by atoms with van der Waals surface area (Å²) >= 11 is 0. The van der Waals surface area contributed by atoms with E-state index in [1.165, 1.54) is 0 Å². The molecule has 4 heteroatoms. The lowest BCUT2D eigenvalue weighted by molar-refractivity contribution is -0.117. The minimum atomic E-state index is -0.225. The number of carbonyl (C=O) groups is 1. The van der Waals surface area contributed by atoms with Crippen molar-refractivity contribution < 1.29 is 9.53 Å². The number of aliphatic imine (C=N–C) groups is 1. The number of amides is 1. The quantitative estimate of drug-likeness (QED) is 0.673. The highest BCUT2D eigenvalue weighted by molar-refractivity contribution is 5.96. The third-order valence-electron chi connectivity index (χ3n) is 1.81. The van der Waals surface area contributed by atoms with E-state index in [0.717, 1.165) is 5.69 Å². The number of amidine groups is 1. The van der Waals surface area contributed by atoms with Gasteiger partial charge in [0, 0.05) is 6.42 Å². The molecule has 4 nitrogen and oxygen atoms in total. The molecule has 0 saturated heterocycles. The van der Waals surface area contributed by atoms with Crippen LogP contribution in [0, 0.1) is 0 Å². The van der Waals surface area contributed by atoms with Crippen molar-refractivity contribution in [3.63, 3.8) is 0 Å². The van der Waals surface area contributed by atoms with Gasteiger partial charge in [-0.25, -0.2) is 0 Å². The van der Waals surface area contributed by atoms with Crippen molar-refractivity contribution in [1.82, 2.24) is 5.32 Å². The standard InChI is InChI=1S/C10H9N2O2/c1-2-9(13)12-10-11-7-5-3-4-6-8(7)14-10/h3-6H,2H2,1H3. The molecule has 0 spiro atoms. The van der Waals surface area contributed by atoms with Gasteiger partial charge in [0.25, 0.3) is 0 Å². The van der Waals surface area contributed by atoms with Crippen LogP contribution in [0.25, 0.3) is 0 Å². The molecule has 1 aliphatic heterocycles. The molecule has 0 unspecified atom stereocenters. The Bertz CT molecular complexity index is 372. The third kappa shape index (κ3) is 1.59. The summed E-state index contributed by atoms with van der Waals surface area (Å²) in [6.45, 7) is 1.74. The molecule has 1 aromatic rings. The van der Waals surface area contributed by atoms with E-state index in [-0.39, 0.29) is 11.9 Å². The molecule has 0 N–H and O–H groups in total. The molecular weight excluding hydrogens is 180 g/mol. The molecule has 0 bridgehead atoms. The molecule has 0 aromatic heterocycles. The molecule has 1 amide bonds. The second-order valence-corrected chi connectivity index (χ2v) is 2.82. The average Bonchev–Trinajstić information content (AvgIpc) is 2.59. The number of para-hydroxylation sites is 2. The zero-order chi connectivity index (χ0) is 9.97. The normalized spacial score (nSPS) is 15.9. The number of hydrogen-bond acceptors (Lipinski definition) is 2. The van der Waals surface area contributed by atoms with Crippen LogP contribution in [0.3, 0.4) is 0 Å². The Morgan fingerprint density at radius 2 is 2.29 bits per heavy atom. The van der Waals surface area contributed by atoms with Crippen LogP contribution in [0.4, 0.5) is 5.69 Å². The Morgan fingerprint density at radius 3 is 3.00 bits per heavy atom. The van der Waals surface area contributed by atoms with Crippen LogP contribution in [0.15, 0.2) is 29.3 Å². The summed E-state index contributed by atoms with van der Waals surface area (Å²) in [5.74, 6) is 0.423. The molecule has 1 aromatic carbocycles. The SMILES string of the molecule is CCC(=O)N=C1[N]c2ccccc2O1. The number of ether oxygens (including phenoxy) is 1. The highest BCUT2D eigenvalue weighted by Gasteiger charge is 2.19. The first-order valence-corrected chi connectivity index (χ1v) is 4.39. The fraction of sp³-hybridized carbons (Fsp3) is 0.200. The molecule has 14 heavy (non-hydrogen) atoms. The zero-order valence-corrected chi connectivity index (χ0v) is 7.73. The Balaban J connectivity index is 2.19. The van der Waals surface area contributed by atoms with Crippen molar-refractivity contribution in [3.8, 4) is 5.75 Å². The predicted octanol–water partition coefficient (Wildman–Crippen LogP) is 1.61. The lowest BCUT2D eigenvalue weighted by Gasteiger charge is -1.93. The summed E-state index contributed by atoms with van der Waals surface area (Å²) in [4.78, 5) is 14.7. The minimum absolute atomic E-state index is 0.137. The summed E-state index contributed by atoms with van der Waals surface area (Å²) < 4.78 is 5.24. The molecule has 0 aliphatic carbocycles. The summed E-state index contributed by atoms with van der Waals surface area (Å²) in [5, 5.41) is 4.05. The second kappa shape index (κ2) is 3.49. The number of benzene rings is 1. The van der Waals surface area contributed by atoms with Crippen LogP contribution in [0.2, 0.25) is 0 Å². The molecule has 1 heterocycles. The van der Waals surface area contributed by atoms with Crippen LogP contribution < -0.4 is 10.1 Å². The second-order valence-electron chi connectivity index (χ2n) is 2.82. The van der Waals surface area contributed by atoms with E-state index in [4.69, 9.17) is 4.74 Å². The van der Waals surface area contributed by atoms with E-state index in [0.29, 0.717) is 12.2 Å². The van der Waals surface area contributed by atoms with Gasteiger partial charge in [-0.15, -0.1) is 0 Å². The van der Waals surface area contributed by atoms with Gasteiger partial charge in [-0.3, -0.25) is 4.79 Å². The van der Waals surface area contributed by atoms with Crippen LogP contribution >= 0.6 is 0 Å². The average molecular weight is 189 g/mol. The van der Waals surface area contributed by atoms with E-state index in [9.17, 15) is 4.79 Å². The maximum Gasteiger partial charge on any atom is 0.325 e. The summed E-state index contributed by atoms with van der Waals surface area (Å²) in [6, 6.07) is 7.44. The van der Waals surface area contributed by atoms with Gasteiger partial charge in [-0.1, -0.05) is 19.1 Å². The van der Waals surface area contributed by atoms with Gasteiger partial charge in [0.2, 0.25) is 5.91 Å². The van der Waals surface area contributed by atoms with Crippen molar-refractivity contribution in [2.45, 2.75) is 13.3 Å². The number of hydrogen-bond donors (Lipinski definition) is 0. The lowest BCUT2D eigenvalue weighted by Crippen LogP contribution is -2.12. The van der Waals surface area contributed by atoms with E-state index >= 15 is 0 Å². The summed E-state index contributed by atoms with van der Waals surface area (Å²) in [6.07, 6.45) is 0.360. The first kappa shape index (κ1) is 8.74. The fourth-order valence-electron chi connectivity index (χ4n) is 1.09. The van der Waals surface area contributed by atoms with Gasteiger partial charge in [-0.2, -0.15) is 10.3 Å². The van der Waals surface area contributed by atoms with E-state index in [1.54, 1.807) is 13.0 Å². The molecule has 0 saturated carbocycles. The maximum atomic E-state index is 11.0. The van der Waals surface area contributed by atoms with Crippen LogP contribution in [-0.2, 0) is 4.79 Å². The predicted molar refractivity (Wildman–Crippen MR) is 51.6 cm³/mol. The lowest BCUT2D eigenvalue weighted by atomic mass is 10.3. The molecular formula is C10H9N2O2. The topological polar surface area (TPSA) is 52.8 Å². The zero-order valence-electron chi connectivity index (χ0n) is 7.73. The fourth-order valence-corrected chi connectivity index (χ4v) is 1.09. The highest BCUT2D eigenvalue weighted by atomic mass is 16.5. The van der Waals surface area contributed by atoms with E-state index < -0.39 is 0 Å². The molecule has 0 atom stereocenters. The Hall–Kier alpha value is -1.84. The number of rotatable bonds is 1. The first-order valence-electron chi connectivity index (χ1n) is 4.39. The van der Waals surface area contributed by atoms with Crippen LogP contribution in [-0.4, -0.2) is 11.9 Å². The monoisotopic (exact) mass is 189 g/mol. The summed E-state index contributed by atoms with van der Waals surface area (Å²) in [7, 11) is 0. The van der Waals surface area contributed by atoms with Gasteiger partial charge in [0.1, 0.15) is 5.69 Å². The van der Waals surface area contributed by atoms with Gasteiger partial charge in [0.05, 0.1) is 0 Å². The van der Waals surface area contributed by atoms with Gasteiger partial charge >= 0.3 is 6.02 Å². The first-order chi connectivity index (χ1) is 6.79. The van der Waals surface area contributed by atoms with Gasteiger partial charge in [-0.05, 0) is 12.1 Å². The molecule has 0 fully saturated rings. The van der Waals surface area contributed by atoms with Crippen molar-refractivity contribution in [3.05, 3.63) is 24.3 Å². The van der Waals surface area contributed by atoms with Crippen molar-refractivity contribution in [2.24, 2.45) is 4.99 Å². The molecule has 1 radical (unpaired) electrons. The summed E-state index contributed by atoms with van der Waals surface area (Å²) in [5.41, 5.74) is 0.718. The van der Waals surface area contributed by atoms with Crippen molar-refractivity contribution in [1.29, 1.82) is 0 Å². The Morgan fingerprint density at radius 1 is 1.50 bits per heavy atom. The van der Waals surface area contributed by atoms with Crippen LogP contribution in [0.5, 0.6) is 5.75 Å². The highest BCUT2D eigenvalue weighted by Crippen LogP contribution is 2.29. The van der Waals surface area contributed by atoms with Crippen molar-refractivity contribution in [2.75, 3.05) is 0 Å². The number of fused-ring (bicyclic) bond motifs is 1. The van der Waals surface area contributed by atoms with E-state index in [2.05, 4.69) is 10.3 Å².